The summed E-state index contributed by atoms with van der Waals surface area (Å²) in [5, 5.41) is 15.3. The molecule has 2 rings (SSSR count). The van der Waals surface area contributed by atoms with E-state index >= 15 is 0 Å². The van der Waals surface area contributed by atoms with Gasteiger partial charge in [0.15, 0.2) is 0 Å². The number of hydrogen-bond donors (Lipinski definition) is 3. The maximum absolute atomic E-state index is 12.1. The van der Waals surface area contributed by atoms with Gasteiger partial charge in [0.1, 0.15) is 0 Å². The van der Waals surface area contributed by atoms with E-state index in [0.717, 1.165) is 5.56 Å². The molecule has 108 valence electrons. The number of piperidine rings is 1. The van der Waals surface area contributed by atoms with Crippen LogP contribution in [0.3, 0.4) is 0 Å². The number of aliphatic hydroxyl groups is 1. The Bertz CT molecular complexity index is 492. The second kappa shape index (κ2) is 6.52. The first-order chi connectivity index (χ1) is 9.60. The number of benzene rings is 1. The topological polar surface area (TPSA) is 78.4 Å². The van der Waals surface area contributed by atoms with Gasteiger partial charge in [-0.05, 0) is 30.5 Å². The van der Waals surface area contributed by atoms with Gasteiger partial charge in [-0.1, -0.05) is 19.1 Å². The minimum absolute atomic E-state index is 0.00196. The molecule has 0 bridgehead atoms. The lowest BCUT2D eigenvalue weighted by atomic mass is 9.98. The minimum Gasteiger partial charge on any atom is -0.388 e. The molecule has 2 amide bonds. The third-order valence-corrected chi connectivity index (χ3v) is 3.56. The van der Waals surface area contributed by atoms with Gasteiger partial charge in [-0.3, -0.25) is 9.59 Å². The maximum atomic E-state index is 12.1. The van der Waals surface area contributed by atoms with Gasteiger partial charge in [-0.15, -0.1) is 0 Å². The number of anilines is 1. The molecule has 1 aliphatic rings. The Morgan fingerprint density at radius 2 is 2.35 bits per heavy atom. The molecule has 5 nitrogen and oxygen atoms in total. The molecular formula is C15H20N2O3. The molecule has 0 spiro atoms. The van der Waals surface area contributed by atoms with Crippen LogP contribution in [0.2, 0.25) is 0 Å². The minimum atomic E-state index is -0.513. The highest BCUT2D eigenvalue weighted by Crippen LogP contribution is 2.21. The van der Waals surface area contributed by atoms with Crippen molar-refractivity contribution in [1.29, 1.82) is 0 Å². The second-order valence-corrected chi connectivity index (χ2v) is 5.08. The summed E-state index contributed by atoms with van der Waals surface area (Å²) in [7, 11) is 0. The summed E-state index contributed by atoms with van der Waals surface area (Å²) in [5.41, 5.74) is 1.47. The molecule has 0 aromatic heterocycles. The number of nitrogens with one attached hydrogen (secondary N) is 2. The molecule has 1 aromatic carbocycles. The third kappa shape index (κ3) is 3.57. The van der Waals surface area contributed by atoms with Crippen LogP contribution >= 0.6 is 0 Å². The van der Waals surface area contributed by atoms with Gasteiger partial charge in [0.05, 0.1) is 12.0 Å². The van der Waals surface area contributed by atoms with Crippen molar-refractivity contribution in [2.45, 2.75) is 32.3 Å². The molecule has 2 atom stereocenters. The standard InChI is InChI=1S/C15H20N2O3/c1-2-13(18)10-4-3-5-12(8-10)17-15(20)11-6-7-14(19)16-9-11/h3-5,8,11,13,18H,2,6-7,9H2,1H3,(H,16,19)(H,17,20). The number of carbonyl (C=O) groups is 2. The molecule has 3 N–H and O–H groups in total. The largest absolute Gasteiger partial charge is 0.388 e. The monoisotopic (exact) mass is 276 g/mol. The average molecular weight is 276 g/mol. The van der Waals surface area contributed by atoms with Crippen LogP contribution in [-0.4, -0.2) is 23.5 Å². The predicted octanol–water partition coefficient (Wildman–Crippen LogP) is 1.59. The molecule has 1 heterocycles. The van der Waals surface area contributed by atoms with Crippen molar-refractivity contribution in [2.75, 3.05) is 11.9 Å². The molecule has 0 saturated carbocycles. The van der Waals surface area contributed by atoms with Gasteiger partial charge in [0, 0.05) is 18.7 Å². The number of rotatable bonds is 4. The molecular weight excluding hydrogens is 256 g/mol. The Hall–Kier alpha value is -1.88. The van der Waals surface area contributed by atoms with Gasteiger partial charge in [-0.25, -0.2) is 0 Å². The van der Waals surface area contributed by atoms with Crippen molar-refractivity contribution < 1.29 is 14.7 Å². The molecule has 5 heteroatoms. The van der Waals surface area contributed by atoms with Gasteiger partial charge in [0.2, 0.25) is 11.8 Å². The molecule has 0 aliphatic carbocycles. The fourth-order valence-electron chi connectivity index (χ4n) is 2.26. The SMILES string of the molecule is CCC(O)c1cccc(NC(=O)C2CCC(=O)NC2)c1. The lowest BCUT2D eigenvalue weighted by Crippen LogP contribution is -2.40. The summed E-state index contributed by atoms with van der Waals surface area (Å²) in [6.07, 6.45) is 1.09. The number of aliphatic hydroxyl groups excluding tert-OH is 1. The molecule has 1 saturated heterocycles. The molecule has 0 radical (unpaired) electrons. The Kier molecular flexibility index (Phi) is 4.74. The van der Waals surface area contributed by atoms with Crippen LogP contribution in [0.5, 0.6) is 0 Å². The Labute approximate surface area is 118 Å². The summed E-state index contributed by atoms with van der Waals surface area (Å²) in [6, 6.07) is 7.23. The first kappa shape index (κ1) is 14.5. The number of amides is 2. The van der Waals surface area contributed by atoms with Crippen LogP contribution in [0.4, 0.5) is 5.69 Å². The van der Waals surface area contributed by atoms with Crippen molar-refractivity contribution in [3.8, 4) is 0 Å². The summed E-state index contributed by atoms with van der Waals surface area (Å²) < 4.78 is 0. The van der Waals surface area contributed by atoms with Gasteiger partial charge in [0.25, 0.3) is 0 Å². The summed E-state index contributed by atoms with van der Waals surface area (Å²) >= 11 is 0. The quantitative estimate of drug-likeness (QED) is 0.781. The van der Waals surface area contributed by atoms with E-state index in [-0.39, 0.29) is 17.7 Å². The van der Waals surface area contributed by atoms with Crippen molar-refractivity contribution >= 4 is 17.5 Å². The van der Waals surface area contributed by atoms with Crippen LogP contribution in [0.15, 0.2) is 24.3 Å². The zero-order valence-corrected chi connectivity index (χ0v) is 11.6. The third-order valence-electron chi connectivity index (χ3n) is 3.56. The van der Waals surface area contributed by atoms with E-state index in [1.54, 1.807) is 12.1 Å². The van der Waals surface area contributed by atoms with E-state index in [1.165, 1.54) is 0 Å². The van der Waals surface area contributed by atoms with Crippen LogP contribution in [0.25, 0.3) is 0 Å². The zero-order valence-electron chi connectivity index (χ0n) is 11.6. The summed E-state index contributed by atoms with van der Waals surface area (Å²) in [4.78, 5) is 23.2. The van der Waals surface area contributed by atoms with E-state index in [4.69, 9.17) is 0 Å². The first-order valence-electron chi connectivity index (χ1n) is 6.95. The molecule has 1 aliphatic heterocycles. The fraction of sp³-hybridized carbons (Fsp3) is 0.467. The van der Waals surface area contributed by atoms with Crippen LogP contribution in [0, 0.1) is 5.92 Å². The molecule has 20 heavy (non-hydrogen) atoms. The van der Waals surface area contributed by atoms with E-state index in [9.17, 15) is 14.7 Å². The highest BCUT2D eigenvalue weighted by atomic mass is 16.3. The Balaban J connectivity index is 1.99. The maximum Gasteiger partial charge on any atom is 0.229 e. The lowest BCUT2D eigenvalue weighted by Gasteiger charge is -2.21. The Morgan fingerprint density at radius 3 is 3.00 bits per heavy atom. The zero-order chi connectivity index (χ0) is 14.5. The molecule has 2 unspecified atom stereocenters. The average Bonchev–Trinajstić information content (AvgIpc) is 2.47. The van der Waals surface area contributed by atoms with E-state index < -0.39 is 6.10 Å². The van der Waals surface area contributed by atoms with Crippen molar-refractivity contribution in [3.05, 3.63) is 29.8 Å². The fourth-order valence-corrected chi connectivity index (χ4v) is 2.26. The van der Waals surface area contributed by atoms with E-state index in [2.05, 4.69) is 10.6 Å². The summed E-state index contributed by atoms with van der Waals surface area (Å²) in [6.45, 7) is 2.29. The lowest BCUT2D eigenvalue weighted by molar-refractivity contribution is -0.126. The number of carbonyl (C=O) groups excluding carboxylic acids is 2. The molecule has 1 aromatic rings. The summed E-state index contributed by atoms with van der Waals surface area (Å²) in [5.74, 6) is -0.275. The highest BCUT2D eigenvalue weighted by Gasteiger charge is 2.24. The smallest absolute Gasteiger partial charge is 0.229 e. The highest BCUT2D eigenvalue weighted by molar-refractivity contribution is 5.94. The van der Waals surface area contributed by atoms with E-state index in [1.807, 2.05) is 19.1 Å². The van der Waals surface area contributed by atoms with E-state index in [0.29, 0.717) is 31.5 Å². The normalized spacial score (nSPS) is 20.1. The van der Waals surface area contributed by atoms with Crippen LogP contribution < -0.4 is 10.6 Å². The van der Waals surface area contributed by atoms with Gasteiger partial charge < -0.3 is 15.7 Å². The van der Waals surface area contributed by atoms with Gasteiger partial charge in [-0.2, -0.15) is 0 Å². The second-order valence-electron chi connectivity index (χ2n) is 5.08. The van der Waals surface area contributed by atoms with Crippen molar-refractivity contribution in [1.82, 2.24) is 5.32 Å². The van der Waals surface area contributed by atoms with Crippen molar-refractivity contribution in [2.24, 2.45) is 5.92 Å². The van der Waals surface area contributed by atoms with Crippen LogP contribution in [0.1, 0.15) is 37.9 Å². The predicted molar refractivity (Wildman–Crippen MR) is 76.1 cm³/mol. The van der Waals surface area contributed by atoms with Crippen LogP contribution in [-0.2, 0) is 9.59 Å². The number of hydrogen-bond acceptors (Lipinski definition) is 3. The van der Waals surface area contributed by atoms with Gasteiger partial charge >= 0.3 is 0 Å². The first-order valence-corrected chi connectivity index (χ1v) is 6.95. The Morgan fingerprint density at radius 1 is 1.55 bits per heavy atom. The molecule has 1 fully saturated rings. The van der Waals surface area contributed by atoms with Crippen molar-refractivity contribution in [3.63, 3.8) is 0 Å².